The van der Waals surface area contributed by atoms with Gasteiger partial charge in [-0.05, 0) is 95.2 Å². The molecule has 10 rings (SSSR count). The highest BCUT2D eigenvalue weighted by molar-refractivity contribution is 6.02. The van der Waals surface area contributed by atoms with E-state index in [4.69, 9.17) is 25.3 Å². The number of likely N-dealkylation sites (tertiary alicyclic amines) is 2. The van der Waals surface area contributed by atoms with Crippen molar-refractivity contribution in [3.63, 3.8) is 0 Å². The van der Waals surface area contributed by atoms with Gasteiger partial charge in [-0.15, -0.1) is 0 Å². The Bertz CT molecular complexity index is 2850. The zero-order chi connectivity index (χ0) is 50.6. The second-order valence-corrected chi connectivity index (χ2v) is 21.9. The topological polar surface area (TPSA) is 227 Å². The van der Waals surface area contributed by atoms with Crippen LogP contribution in [0.4, 0.5) is 26.0 Å². The molecule has 382 valence electrons. The van der Waals surface area contributed by atoms with Crippen molar-refractivity contribution in [2.75, 3.05) is 74.9 Å². The Balaban J connectivity index is 0.689. The first kappa shape index (κ1) is 49.0. The number of hydrogen-bond acceptors (Lipinski definition) is 15. The number of carbonyl (C=O) groups is 4. The van der Waals surface area contributed by atoms with Gasteiger partial charge in [0.25, 0.3) is 0 Å². The van der Waals surface area contributed by atoms with Crippen molar-refractivity contribution >= 4 is 51.9 Å². The lowest BCUT2D eigenvalue weighted by Gasteiger charge is -2.40. The number of aromatic nitrogens is 7. The summed E-state index contributed by atoms with van der Waals surface area (Å²) in [5, 5.41) is 15.2. The number of rotatable bonds is 12. The van der Waals surface area contributed by atoms with Crippen LogP contribution in [0.15, 0.2) is 35.4 Å². The number of imide groups is 1. The minimum Gasteiger partial charge on any atom is -0.383 e. The van der Waals surface area contributed by atoms with Crippen molar-refractivity contribution in [1.29, 1.82) is 0 Å². The van der Waals surface area contributed by atoms with Crippen molar-refractivity contribution in [3.05, 3.63) is 53.8 Å². The van der Waals surface area contributed by atoms with Gasteiger partial charge in [-0.1, -0.05) is 19.0 Å². The summed E-state index contributed by atoms with van der Waals surface area (Å²) in [7, 11) is 0. The minimum absolute atomic E-state index is 0.0108. The number of benzene rings is 1. The summed E-state index contributed by atoms with van der Waals surface area (Å²) in [6, 6.07) is 1.65. The summed E-state index contributed by atoms with van der Waals surface area (Å²) < 4.78 is 38.4. The second-order valence-electron chi connectivity index (χ2n) is 21.9. The molecule has 4 aliphatic heterocycles. The first-order valence-corrected chi connectivity index (χ1v) is 25.4. The van der Waals surface area contributed by atoms with E-state index in [1.54, 1.807) is 4.90 Å². The van der Waals surface area contributed by atoms with Crippen LogP contribution in [0.25, 0.3) is 33.8 Å². The molecule has 4 aromatic heterocycles. The van der Waals surface area contributed by atoms with Crippen molar-refractivity contribution in [3.8, 4) is 22.8 Å². The van der Waals surface area contributed by atoms with Crippen molar-refractivity contribution < 1.29 is 32.5 Å². The zero-order valence-electron chi connectivity index (χ0n) is 41.7. The maximum Gasteiger partial charge on any atom is 0.249 e. The van der Waals surface area contributed by atoms with E-state index in [-0.39, 0.29) is 60.2 Å². The molecule has 72 heavy (non-hydrogen) atoms. The quantitative estimate of drug-likeness (QED) is 0.125. The van der Waals surface area contributed by atoms with Gasteiger partial charge in [0.05, 0.1) is 21.9 Å². The molecule has 0 bridgehead atoms. The summed E-state index contributed by atoms with van der Waals surface area (Å²) in [6.45, 7) is 15.3. The number of piperazine rings is 1. The maximum absolute atomic E-state index is 15.3. The monoisotopic (exact) mass is 991 g/mol. The molecule has 1 aromatic carbocycles. The fraction of sp³-hybridized carbons (Fsp3) is 0.569. The second kappa shape index (κ2) is 19.4. The molecule has 5 fully saturated rings. The Kier molecular flexibility index (Phi) is 13.2. The number of carbonyl (C=O) groups excluding carboxylic acids is 4. The van der Waals surface area contributed by atoms with Gasteiger partial charge < -0.3 is 30.3 Å². The lowest BCUT2D eigenvalue weighted by molar-refractivity contribution is -0.147. The first-order valence-electron chi connectivity index (χ1n) is 25.4. The summed E-state index contributed by atoms with van der Waals surface area (Å²) in [4.78, 5) is 77.7. The number of nitrogens with zero attached hydrogens (tertiary/aromatic N) is 11. The van der Waals surface area contributed by atoms with Gasteiger partial charge in [0.1, 0.15) is 35.3 Å². The van der Waals surface area contributed by atoms with Crippen LogP contribution in [-0.2, 0) is 24.7 Å². The largest absolute Gasteiger partial charge is 0.383 e. The number of nitrogens with one attached hydrogen (secondary N) is 2. The normalized spacial score (nSPS) is 20.1. The van der Waals surface area contributed by atoms with E-state index in [9.17, 15) is 19.2 Å². The van der Waals surface area contributed by atoms with Crippen molar-refractivity contribution in [1.82, 2.24) is 54.9 Å². The van der Waals surface area contributed by atoms with Gasteiger partial charge in [0, 0.05) is 95.7 Å². The van der Waals surface area contributed by atoms with Crippen molar-refractivity contribution in [2.24, 2.45) is 11.3 Å². The Morgan fingerprint density at radius 3 is 2.12 bits per heavy atom. The van der Waals surface area contributed by atoms with Crippen LogP contribution in [0.1, 0.15) is 116 Å². The van der Waals surface area contributed by atoms with Gasteiger partial charge in [0.2, 0.25) is 23.6 Å². The summed E-state index contributed by atoms with van der Waals surface area (Å²) >= 11 is 0. The van der Waals surface area contributed by atoms with Gasteiger partial charge in [-0.2, -0.15) is 5.10 Å². The number of nitrogen functional groups attached to an aromatic ring is 1. The SMILES string of the molecule is CC(C)(CC(=O)N1CCC(CN2CCN(c3c(F)cc(NC4CCC(=O)NC4=O)cc3F)CC2)CC1)C(=O)N1CCC(c2cnc(-c3c(-c4nn(C(C)(C)C)c5ncnc(N)c45)noc3C3CC3)nc2)CC1. The van der Waals surface area contributed by atoms with E-state index in [0.29, 0.717) is 97.9 Å². The average Bonchev–Trinajstić information content (AvgIpc) is 3.97. The number of nitrogens with two attached hydrogens (primary N) is 1. The molecule has 8 heterocycles. The zero-order valence-corrected chi connectivity index (χ0v) is 41.7. The van der Waals surface area contributed by atoms with Crippen LogP contribution in [-0.4, -0.2) is 138 Å². The van der Waals surface area contributed by atoms with E-state index in [2.05, 4.69) is 30.7 Å². The van der Waals surface area contributed by atoms with Crippen LogP contribution < -0.4 is 21.3 Å². The molecule has 21 heteroatoms. The Morgan fingerprint density at radius 1 is 0.819 bits per heavy atom. The van der Waals surface area contributed by atoms with Crippen LogP contribution in [0.3, 0.4) is 0 Å². The third kappa shape index (κ3) is 9.95. The summed E-state index contributed by atoms with van der Waals surface area (Å²) in [6.07, 6.45) is 10.9. The van der Waals surface area contributed by atoms with Gasteiger partial charge in [0.15, 0.2) is 28.9 Å². The Morgan fingerprint density at radius 2 is 1.49 bits per heavy atom. The number of halogens is 2. The van der Waals surface area contributed by atoms with Gasteiger partial charge in [-0.3, -0.25) is 29.4 Å². The van der Waals surface area contributed by atoms with E-state index in [0.717, 1.165) is 56.4 Å². The smallest absolute Gasteiger partial charge is 0.249 e. The van der Waals surface area contributed by atoms with Gasteiger partial charge >= 0.3 is 0 Å². The molecule has 5 aromatic rings. The number of piperidine rings is 3. The van der Waals surface area contributed by atoms with E-state index >= 15 is 8.78 Å². The molecule has 1 saturated carbocycles. The molecular formula is C51H64F2N14O5. The lowest BCUT2D eigenvalue weighted by Crippen LogP contribution is -2.50. The van der Waals surface area contributed by atoms with Gasteiger partial charge in [-0.25, -0.2) is 33.4 Å². The third-order valence-corrected chi connectivity index (χ3v) is 15.1. The minimum atomic E-state index is -0.866. The van der Waals surface area contributed by atoms with Crippen LogP contribution in [0, 0.1) is 23.0 Å². The number of hydrogen-bond donors (Lipinski definition) is 3. The summed E-state index contributed by atoms with van der Waals surface area (Å²) in [5.41, 5.74) is 8.56. The molecule has 4 saturated heterocycles. The molecular weight excluding hydrogens is 927 g/mol. The molecule has 1 aliphatic carbocycles. The third-order valence-electron chi connectivity index (χ3n) is 15.1. The average molecular weight is 991 g/mol. The maximum atomic E-state index is 15.3. The Hall–Kier alpha value is -6.64. The number of anilines is 3. The molecule has 0 spiro atoms. The molecule has 0 radical (unpaired) electrons. The fourth-order valence-electron chi connectivity index (χ4n) is 10.9. The number of fused-ring (bicyclic) bond motifs is 1. The fourth-order valence-corrected chi connectivity index (χ4v) is 10.9. The van der Waals surface area contributed by atoms with Crippen LogP contribution >= 0.6 is 0 Å². The van der Waals surface area contributed by atoms with Crippen LogP contribution in [0.2, 0.25) is 0 Å². The molecule has 1 atom stereocenters. The van der Waals surface area contributed by atoms with E-state index < -0.39 is 34.5 Å². The van der Waals surface area contributed by atoms with Crippen LogP contribution in [0.5, 0.6) is 0 Å². The highest BCUT2D eigenvalue weighted by Crippen LogP contribution is 2.48. The standard InChI is InChI=1S/C51H64F2N14O5/c1-50(2,3)67-47-40(45(54)57-28-58-47)41(61-67)42-39(44(72-62-42)31-6-7-31)46-55-25-32(26-56-46)30-12-16-66(17-13-30)49(71)51(4,5)24-38(69)64-14-10-29(11-15-64)27-63-18-20-65(21-19-63)43-34(52)22-33(23-35(43)53)59-36-8-9-37(68)60-48(36)70/h22-23,25-26,28-31,36,59H,6-21,24,27H2,1-5H3,(H2,54,57,58)(H,60,68,70). The Labute approximate surface area is 416 Å². The summed E-state index contributed by atoms with van der Waals surface area (Å²) in [5.74, 6) is -0.0358. The predicted molar refractivity (Wildman–Crippen MR) is 264 cm³/mol. The molecule has 4 amide bonds. The van der Waals surface area contributed by atoms with E-state index in [1.807, 2.05) is 61.5 Å². The van der Waals surface area contributed by atoms with E-state index in [1.165, 1.54) is 18.5 Å². The lowest BCUT2D eigenvalue weighted by atomic mass is 9.84. The molecule has 1 unspecified atom stereocenters. The molecule has 19 nitrogen and oxygen atoms in total. The highest BCUT2D eigenvalue weighted by atomic mass is 19.1. The highest BCUT2D eigenvalue weighted by Gasteiger charge is 2.40. The molecule has 4 N–H and O–H groups in total. The van der Waals surface area contributed by atoms with Crippen molar-refractivity contribution in [2.45, 2.75) is 116 Å². The first-order chi connectivity index (χ1) is 34.4. The molecule has 5 aliphatic rings. The number of amides is 4. The predicted octanol–water partition coefficient (Wildman–Crippen LogP) is 5.83.